The molecule has 0 bridgehead atoms. The molecular weight excluding hydrogens is 316 g/mol. The number of phenolic OH excluding ortho intramolecular Hbond substituents is 1. The normalized spacial score (nSPS) is 12.1. The Kier molecular flexibility index (Phi) is 7.50. The fourth-order valence-electron chi connectivity index (χ4n) is 2.59. The second kappa shape index (κ2) is 9.86. The van der Waals surface area contributed by atoms with Gasteiger partial charge in [-0.2, -0.15) is 0 Å². The quantitative estimate of drug-likeness (QED) is 0.452. The van der Waals surface area contributed by atoms with Crippen molar-refractivity contribution < 1.29 is 9.90 Å². The van der Waals surface area contributed by atoms with E-state index in [0.717, 1.165) is 31.4 Å². The highest BCUT2D eigenvalue weighted by Gasteiger charge is 2.21. The van der Waals surface area contributed by atoms with Crippen molar-refractivity contribution in [3.05, 3.63) is 53.6 Å². The monoisotopic (exact) mass is 342 g/mol. The topological polar surface area (TPSA) is 101 Å². The molecule has 6 nitrogen and oxygen atoms in total. The molecule has 1 unspecified atom stereocenters. The lowest BCUT2D eigenvalue weighted by atomic mass is 10.00. The number of hydrogen-bond acceptors (Lipinski definition) is 6. The number of Topliss-reactive ketones (excluding diaryl/α,β-unsaturated/α-hetero) is 1. The Morgan fingerprint density at radius 3 is 2.68 bits per heavy atom. The number of unbranched alkanes of at least 4 members (excludes halogenated alkanes) is 2. The first-order valence-electron chi connectivity index (χ1n) is 8.71. The largest absolute Gasteiger partial charge is 0.508 e. The van der Waals surface area contributed by atoms with Crippen LogP contribution in [0, 0.1) is 0 Å². The van der Waals surface area contributed by atoms with E-state index in [2.05, 4.69) is 22.2 Å². The Balaban J connectivity index is 2.13. The maximum Gasteiger partial charge on any atom is 0.198 e. The summed E-state index contributed by atoms with van der Waals surface area (Å²) in [5.41, 5.74) is 6.93. The van der Waals surface area contributed by atoms with Crippen LogP contribution in [-0.4, -0.2) is 33.4 Å². The molecule has 1 heterocycles. The van der Waals surface area contributed by atoms with Gasteiger partial charge in [0, 0.05) is 6.20 Å². The summed E-state index contributed by atoms with van der Waals surface area (Å²) in [5, 5.41) is 12.8. The Bertz CT molecular complexity index is 673. The van der Waals surface area contributed by atoms with Gasteiger partial charge in [-0.3, -0.25) is 4.79 Å². The molecule has 4 N–H and O–H groups in total. The highest BCUT2D eigenvalue weighted by Crippen LogP contribution is 2.13. The number of nitrogens with zero attached hydrogens (tertiary/aromatic N) is 2. The van der Waals surface area contributed by atoms with Crippen LogP contribution in [0.1, 0.15) is 48.1 Å². The maximum atomic E-state index is 12.9. The minimum Gasteiger partial charge on any atom is -0.508 e. The van der Waals surface area contributed by atoms with Crippen molar-refractivity contribution in [3.8, 4) is 5.75 Å². The van der Waals surface area contributed by atoms with Gasteiger partial charge in [0.1, 0.15) is 17.3 Å². The maximum absolute atomic E-state index is 12.9. The zero-order valence-corrected chi connectivity index (χ0v) is 14.6. The van der Waals surface area contributed by atoms with Crippen molar-refractivity contribution in [2.75, 3.05) is 6.54 Å². The second-order valence-corrected chi connectivity index (χ2v) is 6.01. The Morgan fingerprint density at radius 1 is 1.24 bits per heavy atom. The summed E-state index contributed by atoms with van der Waals surface area (Å²) >= 11 is 0. The summed E-state index contributed by atoms with van der Waals surface area (Å²) in [7, 11) is 0. The van der Waals surface area contributed by atoms with E-state index in [1.807, 2.05) is 12.1 Å². The number of aromatic nitrogens is 2. The van der Waals surface area contributed by atoms with Gasteiger partial charge in [-0.05, 0) is 43.1 Å². The summed E-state index contributed by atoms with van der Waals surface area (Å²) in [6.07, 6.45) is 5.37. The number of aromatic hydroxyl groups is 1. The number of carbonyl (C=O) groups is 1. The number of phenols is 1. The first kappa shape index (κ1) is 19.0. The molecule has 0 radical (unpaired) electrons. The number of rotatable bonds is 10. The minimum atomic E-state index is -0.373. The molecule has 0 saturated carbocycles. The third-order valence-electron chi connectivity index (χ3n) is 4.00. The lowest BCUT2D eigenvalue weighted by Crippen LogP contribution is -2.39. The molecule has 0 aliphatic heterocycles. The van der Waals surface area contributed by atoms with Gasteiger partial charge in [-0.1, -0.05) is 31.9 Å². The van der Waals surface area contributed by atoms with E-state index >= 15 is 0 Å². The fourth-order valence-corrected chi connectivity index (χ4v) is 2.59. The third kappa shape index (κ3) is 5.92. The summed E-state index contributed by atoms with van der Waals surface area (Å²) in [4.78, 5) is 21.2. The van der Waals surface area contributed by atoms with Gasteiger partial charge in [-0.25, -0.2) is 9.97 Å². The van der Waals surface area contributed by atoms with Gasteiger partial charge in [0.05, 0.1) is 12.6 Å². The molecule has 0 aliphatic carbocycles. The predicted molar refractivity (Wildman–Crippen MR) is 97.4 cm³/mol. The van der Waals surface area contributed by atoms with Crippen LogP contribution in [0.2, 0.25) is 0 Å². The van der Waals surface area contributed by atoms with Gasteiger partial charge >= 0.3 is 0 Å². The molecule has 134 valence electrons. The molecule has 25 heavy (non-hydrogen) atoms. The van der Waals surface area contributed by atoms with Gasteiger partial charge in [0.25, 0.3) is 0 Å². The van der Waals surface area contributed by atoms with Crippen molar-refractivity contribution in [3.63, 3.8) is 0 Å². The van der Waals surface area contributed by atoms with Crippen LogP contribution in [-0.2, 0) is 13.0 Å². The SMILES string of the molecule is CCCCCNC(Cc1ccc(O)cc1)C(=O)c1ccnc(CN)n1. The number of benzene rings is 1. The highest BCUT2D eigenvalue weighted by atomic mass is 16.3. The van der Waals surface area contributed by atoms with Crippen molar-refractivity contribution in [2.24, 2.45) is 5.73 Å². The van der Waals surface area contributed by atoms with Gasteiger partial charge in [-0.15, -0.1) is 0 Å². The highest BCUT2D eigenvalue weighted by molar-refractivity contribution is 5.98. The average molecular weight is 342 g/mol. The zero-order valence-electron chi connectivity index (χ0n) is 14.6. The van der Waals surface area contributed by atoms with Gasteiger partial charge in [0.2, 0.25) is 0 Å². The molecule has 0 aliphatic rings. The number of nitrogens with two attached hydrogens (primary N) is 1. The molecule has 2 aromatic rings. The summed E-state index contributed by atoms with van der Waals surface area (Å²) in [6, 6.07) is 8.17. The van der Waals surface area contributed by atoms with Crippen LogP contribution in [0.15, 0.2) is 36.5 Å². The molecule has 2 rings (SSSR count). The summed E-state index contributed by atoms with van der Waals surface area (Å²) in [5.74, 6) is 0.604. The first-order valence-corrected chi connectivity index (χ1v) is 8.71. The van der Waals surface area contributed by atoms with E-state index in [1.165, 1.54) is 0 Å². The average Bonchev–Trinajstić information content (AvgIpc) is 2.65. The molecule has 1 aromatic heterocycles. The molecule has 6 heteroatoms. The van der Waals surface area contributed by atoms with Crippen LogP contribution < -0.4 is 11.1 Å². The minimum absolute atomic E-state index is 0.0679. The van der Waals surface area contributed by atoms with Crippen LogP contribution in [0.25, 0.3) is 0 Å². The molecule has 0 fully saturated rings. The molecule has 0 saturated heterocycles. The lowest BCUT2D eigenvalue weighted by Gasteiger charge is -2.18. The van der Waals surface area contributed by atoms with Gasteiger partial charge < -0.3 is 16.2 Å². The van der Waals surface area contributed by atoms with Crippen molar-refractivity contribution in [1.82, 2.24) is 15.3 Å². The van der Waals surface area contributed by atoms with E-state index in [9.17, 15) is 9.90 Å². The van der Waals surface area contributed by atoms with Crippen molar-refractivity contribution >= 4 is 5.78 Å². The van der Waals surface area contributed by atoms with Crippen molar-refractivity contribution in [2.45, 2.75) is 45.2 Å². The number of hydrogen-bond donors (Lipinski definition) is 3. The lowest BCUT2D eigenvalue weighted by molar-refractivity contribution is 0.0937. The standard InChI is InChI=1S/C19H26N4O2/c1-2-3-4-10-21-17(12-14-5-7-15(24)8-6-14)19(25)16-9-11-22-18(13-20)23-16/h5-9,11,17,21,24H,2-4,10,12-13,20H2,1H3. The third-order valence-corrected chi connectivity index (χ3v) is 4.00. The summed E-state index contributed by atoms with van der Waals surface area (Å²) in [6.45, 7) is 3.12. The van der Waals surface area contributed by atoms with Crippen LogP contribution in [0.3, 0.4) is 0 Å². The van der Waals surface area contributed by atoms with E-state index < -0.39 is 0 Å². The predicted octanol–water partition coefficient (Wildman–Crippen LogP) is 2.21. The molecule has 0 spiro atoms. The van der Waals surface area contributed by atoms with E-state index in [0.29, 0.717) is 17.9 Å². The van der Waals surface area contributed by atoms with Crippen LogP contribution in [0.4, 0.5) is 0 Å². The molecule has 1 aromatic carbocycles. The summed E-state index contributed by atoms with van der Waals surface area (Å²) < 4.78 is 0. The molecular formula is C19H26N4O2. The number of ketones is 1. The van der Waals surface area contributed by atoms with Gasteiger partial charge in [0.15, 0.2) is 5.78 Å². The van der Waals surface area contributed by atoms with Crippen molar-refractivity contribution in [1.29, 1.82) is 0 Å². The Labute approximate surface area is 148 Å². The zero-order chi connectivity index (χ0) is 18.1. The molecule has 0 amide bonds. The smallest absolute Gasteiger partial charge is 0.198 e. The molecule has 1 atom stereocenters. The number of carbonyl (C=O) groups excluding carboxylic acids is 1. The fraction of sp³-hybridized carbons (Fsp3) is 0.421. The van der Waals surface area contributed by atoms with E-state index in [-0.39, 0.29) is 24.1 Å². The Hall–Kier alpha value is -2.31. The number of nitrogens with one attached hydrogen (secondary N) is 1. The van der Waals surface area contributed by atoms with Crippen LogP contribution in [0.5, 0.6) is 5.75 Å². The van der Waals surface area contributed by atoms with Crippen LogP contribution >= 0.6 is 0 Å². The van der Waals surface area contributed by atoms with E-state index in [1.54, 1.807) is 24.4 Å². The van der Waals surface area contributed by atoms with E-state index in [4.69, 9.17) is 5.73 Å². The second-order valence-electron chi connectivity index (χ2n) is 6.01. The first-order chi connectivity index (χ1) is 12.1. The Morgan fingerprint density at radius 2 is 2.00 bits per heavy atom.